The van der Waals surface area contributed by atoms with Crippen LogP contribution >= 0.6 is 0 Å². The van der Waals surface area contributed by atoms with Crippen molar-refractivity contribution in [3.63, 3.8) is 0 Å². The Morgan fingerprint density at radius 3 is 2.53 bits per heavy atom. The molecule has 0 unspecified atom stereocenters. The molecule has 5 heteroatoms. The Kier molecular flexibility index (Phi) is 3.34. The monoisotopic (exact) mass is 219 g/mol. The predicted molar refractivity (Wildman–Crippen MR) is 50.1 cm³/mol. The number of benzene rings is 1. The molecule has 0 aliphatic heterocycles. The molecule has 0 aliphatic carbocycles. The van der Waals surface area contributed by atoms with Gasteiger partial charge in [-0.2, -0.15) is 13.2 Å². The maximum absolute atomic E-state index is 13.0. The summed E-state index contributed by atoms with van der Waals surface area (Å²) in [5.74, 6) is -0.718. The predicted octanol–water partition coefficient (Wildman–Crippen LogP) is 3.44. The fourth-order valence-corrected chi connectivity index (χ4v) is 1.02. The molecule has 0 atom stereocenters. The quantitative estimate of drug-likeness (QED) is 0.606. The molecular formula is C10H9F4N. The summed E-state index contributed by atoms with van der Waals surface area (Å²) < 4.78 is 49.8. The zero-order valence-electron chi connectivity index (χ0n) is 7.74. The molecule has 0 radical (unpaired) electrons. The Hall–Kier alpha value is -1.52. The molecule has 15 heavy (non-hydrogen) atoms. The Bertz CT molecular complexity index is 357. The first-order valence-electron chi connectivity index (χ1n) is 4.16. The summed E-state index contributed by atoms with van der Waals surface area (Å²) in [7, 11) is 0. The zero-order valence-corrected chi connectivity index (χ0v) is 7.74. The van der Waals surface area contributed by atoms with E-state index in [9.17, 15) is 17.6 Å². The molecule has 0 saturated carbocycles. The normalized spacial score (nSPS) is 11.2. The molecule has 1 aromatic carbocycles. The largest absolute Gasteiger partial charge is 0.416 e. The lowest BCUT2D eigenvalue weighted by molar-refractivity contribution is -0.137. The van der Waals surface area contributed by atoms with Crippen molar-refractivity contribution in [3.05, 3.63) is 42.2 Å². The number of alkyl halides is 3. The van der Waals surface area contributed by atoms with Crippen molar-refractivity contribution in [1.82, 2.24) is 0 Å². The Balaban J connectivity index is 3.00. The summed E-state index contributed by atoms with van der Waals surface area (Å²) in [4.78, 5) is 0. The molecule has 1 nitrogen and oxygen atoms in total. The van der Waals surface area contributed by atoms with Gasteiger partial charge in [0, 0.05) is 6.54 Å². The number of hydrogen-bond donors (Lipinski definition) is 1. The highest BCUT2D eigenvalue weighted by Crippen LogP contribution is 2.31. The summed E-state index contributed by atoms with van der Waals surface area (Å²) >= 11 is 0. The summed E-state index contributed by atoms with van der Waals surface area (Å²) in [6.07, 6.45) is -3.03. The van der Waals surface area contributed by atoms with Crippen molar-refractivity contribution in [2.45, 2.75) is 6.18 Å². The second-order valence-corrected chi connectivity index (χ2v) is 2.86. The van der Waals surface area contributed by atoms with Gasteiger partial charge >= 0.3 is 6.18 Å². The molecule has 1 N–H and O–H groups in total. The fourth-order valence-electron chi connectivity index (χ4n) is 1.02. The van der Waals surface area contributed by atoms with Crippen molar-refractivity contribution in [3.8, 4) is 0 Å². The van der Waals surface area contributed by atoms with Gasteiger partial charge in [0.2, 0.25) is 0 Å². The average Bonchev–Trinajstić information content (AvgIpc) is 2.15. The standard InChI is InChI=1S/C10H9F4N/c1-2-5-15-9-6-7(10(12,13)14)3-4-8(9)11/h2-4,6,15H,1,5H2. The van der Waals surface area contributed by atoms with Crippen molar-refractivity contribution in [2.24, 2.45) is 0 Å². The molecule has 1 aromatic rings. The third-order valence-electron chi connectivity index (χ3n) is 1.73. The van der Waals surface area contributed by atoms with Gasteiger partial charge in [0.1, 0.15) is 5.82 Å². The Morgan fingerprint density at radius 1 is 1.33 bits per heavy atom. The Labute approximate surface area is 84.4 Å². The lowest BCUT2D eigenvalue weighted by atomic mass is 10.2. The van der Waals surface area contributed by atoms with Gasteiger partial charge in [-0.3, -0.25) is 0 Å². The maximum atomic E-state index is 13.0. The first-order valence-corrected chi connectivity index (χ1v) is 4.16. The van der Waals surface area contributed by atoms with E-state index < -0.39 is 17.6 Å². The van der Waals surface area contributed by atoms with Crippen LogP contribution in [0.25, 0.3) is 0 Å². The minimum Gasteiger partial charge on any atom is -0.379 e. The summed E-state index contributed by atoms with van der Waals surface area (Å²) in [5.41, 5.74) is -1.06. The van der Waals surface area contributed by atoms with Gasteiger partial charge in [-0.25, -0.2) is 4.39 Å². The lowest BCUT2D eigenvalue weighted by Crippen LogP contribution is -2.07. The first kappa shape index (κ1) is 11.6. The highest BCUT2D eigenvalue weighted by molar-refractivity contribution is 5.48. The van der Waals surface area contributed by atoms with E-state index in [4.69, 9.17) is 0 Å². The zero-order chi connectivity index (χ0) is 11.5. The SMILES string of the molecule is C=CCNc1cc(C(F)(F)F)ccc1F. The highest BCUT2D eigenvalue weighted by atomic mass is 19.4. The summed E-state index contributed by atoms with van der Waals surface area (Å²) in [6, 6.07) is 2.22. The van der Waals surface area contributed by atoms with E-state index in [1.54, 1.807) is 0 Å². The summed E-state index contributed by atoms with van der Waals surface area (Å²) in [6.45, 7) is 3.58. The van der Waals surface area contributed by atoms with Crippen molar-refractivity contribution < 1.29 is 17.6 Å². The van der Waals surface area contributed by atoms with E-state index in [1.165, 1.54) is 6.08 Å². The van der Waals surface area contributed by atoms with Gasteiger partial charge in [0.05, 0.1) is 11.3 Å². The fraction of sp³-hybridized carbons (Fsp3) is 0.200. The lowest BCUT2D eigenvalue weighted by Gasteiger charge is -2.10. The summed E-state index contributed by atoms with van der Waals surface area (Å²) in [5, 5.41) is 2.48. The van der Waals surface area contributed by atoms with E-state index in [1.807, 2.05) is 0 Å². The smallest absolute Gasteiger partial charge is 0.379 e. The molecule has 0 aromatic heterocycles. The van der Waals surface area contributed by atoms with Crippen LogP contribution in [0.4, 0.5) is 23.2 Å². The van der Waals surface area contributed by atoms with Crippen molar-refractivity contribution >= 4 is 5.69 Å². The second-order valence-electron chi connectivity index (χ2n) is 2.86. The van der Waals surface area contributed by atoms with E-state index in [-0.39, 0.29) is 12.2 Å². The number of nitrogens with one attached hydrogen (secondary N) is 1. The van der Waals surface area contributed by atoms with Crippen molar-refractivity contribution in [2.75, 3.05) is 11.9 Å². The third kappa shape index (κ3) is 2.97. The highest BCUT2D eigenvalue weighted by Gasteiger charge is 2.30. The van der Waals surface area contributed by atoms with Crippen molar-refractivity contribution in [1.29, 1.82) is 0 Å². The molecule has 0 saturated heterocycles. The van der Waals surface area contributed by atoms with E-state index in [0.29, 0.717) is 6.07 Å². The molecular weight excluding hydrogens is 210 g/mol. The minimum absolute atomic E-state index is 0.176. The van der Waals surface area contributed by atoms with Crippen LogP contribution in [-0.4, -0.2) is 6.54 Å². The molecule has 0 aliphatic rings. The van der Waals surface area contributed by atoms with Crippen LogP contribution in [0.3, 0.4) is 0 Å². The van der Waals surface area contributed by atoms with Gasteiger partial charge in [-0.1, -0.05) is 6.08 Å². The van der Waals surface area contributed by atoms with Crippen LogP contribution in [0.15, 0.2) is 30.9 Å². The number of anilines is 1. The van der Waals surface area contributed by atoms with Crippen LogP contribution in [0.5, 0.6) is 0 Å². The van der Waals surface area contributed by atoms with Gasteiger partial charge in [-0.05, 0) is 18.2 Å². The van der Waals surface area contributed by atoms with Gasteiger partial charge in [-0.15, -0.1) is 6.58 Å². The average molecular weight is 219 g/mol. The minimum atomic E-state index is -4.46. The van der Waals surface area contributed by atoms with Gasteiger partial charge in [0.15, 0.2) is 0 Å². The molecule has 1 rings (SSSR count). The van der Waals surface area contributed by atoms with Crippen LogP contribution in [-0.2, 0) is 6.18 Å². The topological polar surface area (TPSA) is 12.0 Å². The Morgan fingerprint density at radius 2 is 2.00 bits per heavy atom. The third-order valence-corrected chi connectivity index (χ3v) is 1.73. The van der Waals surface area contributed by atoms with Crippen LogP contribution in [0.2, 0.25) is 0 Å². The van der Waals surface area contributed by atoms with E-state index >= 15 is 0 Å². The van der Waals surface area contributed by atoms with Crippen LogP contribution in [0, 0.1) is 5.82 Å². The van der Waals surface area contributed by atoms with E-state index in [2.05, 4.69) is 11.9 Å². The number of hydrogen-bond acceptors (Lipinski definition) is 1. The number of halogens is 4. The van der Waals surface area contributed by atoms with Crippen LogP contribution in [0.1, 0.15) is 5.56 Å². The van der Waals surface area contributed by atoms with Gasteiger partial charge < -0.3 is 5.32 Å². The number of rotatable bonds is 3. The van der Waals surface area contributed by atoms with Gasteiger partial charge in [0.25, 0.3) is 0 Å². The second kappa shape index (κ2) is 4.33. The molecule has 0 amide bonds. The molecule has 0 fully saturated rings. The molecule has 82 valence electrons. The molecule has 0 bridgehead atoms. The van der Waals surface area contributed by atoms with Crippen LogP contribution < -0.4 is 5.32 Å². The van der Waals surface area contributed by atoms with E-state index in [0.717, 1.165) is 12.1 Å². The first-order chi connectivity index (χ1) is 6.95. The molecule has 0 heterocycles. The molecule has 0 spiro atoms. The maximum Gasteiger partial charge on any atom is 0.416 e.